The Labute approximate surface area is 236 Å². The van der Waals surface area contributed by atoms with Crippen molar-refractivity contribution in [2.75, 3.05) is 27.8 Å². The van der Waals surface area contributed by atoms with Gasteiger partial charge in [0.15, 0.2) is 23.1 Å². The summed E-state index contributed by atoms with van der Waals surface area (Å²) in [7, 11) is 4.38. The zero-order valence-corrected chi connectivity index (χ0v) is 23.6. The van der Waals surface area contributed by atoms with Gasteiger partial charge in [-0.1, -0.05) is 0 Å². The molecule has 1 N–H and O–H groups in total. The van der Waals surface area contributed by atoms with Gasteiger partial charge < -0.3 is 14.8 Å². The predicted octanol–water partition coefficient (Wildman–Crippen LogP) is -0.149. The lowest BCUT2D eigenvalue weighted by Gasteiger charge is -2.60. The van der Waals surface area contributed by atoms with Gasteiger partial charge in [-0.05, 0) is 33.7 Å². The molecule has 0 spiro atoms. The molecule has 5 atom stereocenters. The van der Waals surface area contributed by atoms with Gasteiger partial charge in [0.2, 0.25) is 17.3 Å². The number of nitrogens with zero attached hydrogens (tertiary/aromatic N) is 3. The molecule has 2 aliphatic carbocycles. The smallest absolute Gasteiger partial charge is 0.287 e. The number of piperazine rings is 1. The maximum Gasteiger partial charge on any atom is 0.287 e. The van der Waals surface area contributed by atoms with Crippen LogP contribution < -0.4 is 5.32 Å². The van der Waals surface area contributed by atoms with Gasteiger partial charge in [0, 0.05) is 59.0 Å². The summed E-state index contributed by atoms with van der Waals surface area (Å²) in [6.07, 6.45) is 0.116. The number of amides is 1. The molecule has 12 nitrogen and oxygen atoms in total. The molecule has 0 saturated carbocycles. The number of carbonyl (C=O) groups is 6. The third kappa shape index (κ3) is 3.87. The van der Waals surface area contributed by atoms with Crippen molar-refractivity contribution in [2.45, 2.75) is 63.8 Å². The Bertz CT molecular complexity index is 1520. The van der Waals surface area contributed by atoms with Gasteiger partial charge in [-0.25, -0.2) is 0 Å². The van der Waals surface area contributed by atoms with E-state index in [4.69, 9.17) is 9.47 Å². The highest BCUT2D eigenvalue weighted by Gasteiger charge is 2.59. The number of likely N-dealkylation sites (N-methyl/N-ethyl adjacent to an activating group) is 1. The SMILES string of the molecule is COC1=C(C)C(=O)C2=C(C1=O)[C@H]1[C@@H]3CC4=C(C(=O)C(OC)=C(C)C4=O)[C@H](CNC(=O)C(C)=O)N3[C@@H](C#N)[C@@H](C2)N1C. The van der Waals surface area contributed by atoms with Crippen molar-refractivity contribution in [3.63, 3.8) is 0 Å². The van der Waals surface area contributed by atoms with E-state index in [0.29, 0.717) is 5.57 Å². The number of rotatable bonds is 5. The van der Waals surface area contributed by atoms with Gasteiger partial charge in [-0.15, -0.1) is 0 Å². The second kappa shape index (κ2) is 10.0. The average Bonchev–Trinajstić information content (AvgIpc) is 2.93. The molecule has 1 fully saturated rings. The summed E-state index contributed by atoms with van der Waals surface area (Å²) in [5.74, 6) is -3.51. The Morgan fingerprint density at radius 1 is 0.902 bits per heavy atom. The summed E-state index contributed by atoms with van der Waals surface area (Å²) in [5, 5.41) is 13.0. The lowest BCUT2D eigenvalue weighted by Crippen LogP contribution is -2.74. The maximum absolute atomic E-state index is 13.8. The van der Waals surface area contributed by atoms with E-state index in [0.717, 1.165) is 6.92 Å². The minimum atomic E-state index is -0.985. The summed E-state index contributed by atoms with van der Waals surface area (Å²) in [6.45, 7) is 3.89. The molecule has 0 aromatic carbocycles. The minimum Gasteiger partial charge on any atom is -0.492 e. The van der Waals surface area contributed by atoms with Crippen LogP contribution in [0.4, 0.5) is 0 Å². The molecule has 0 aromatic rings. The van der Waals surface area contributed by atoms with Crippen molar-refractivity contribution in [3.8, 4) is 6.07 Å². The minimum absolute atomic E-state index is 0.00850. The van der Waals surface area contributed by atoms with Crippen LogP contribution in [0.1, 0.15) is 33.6 Å². The third-order valence-electron chi connectivity index (χ3n) is 8.99. The van der Waals surface area contributed by atoms with E-state index in [2.05, 4.69) is 11.4 Å². The zero-order valence-electron chi connectivity index (χ0n) is 23.6. The molecule has 0 unspecified atom stereocenters. The summed E-state index contributed by atoms with van der Waals surface area (Å²) >= 11 is 0. The fourth-order valence-corrected chi connectivity index (χ4v) is 7.13. The number of methoxy groups -OCH3 is 2. The van der Waals surface area contributed by atoms with Crippen LogP contribution in [0, 0.1) is 11.3 Å². The third-order valence-corrected chi connectivity index (χ3v) is 8.99. The molecule has 5 aliphatic rings. The van der Waals surface area contributed by atoms with Crippen LogP contribution >= 0.6 is 0 Å². The molecule has 3 aliphatic heterocycles. The van der Waals surface area contributed by atoms with Crippen molar-refractivity contribution < 1.29 is 38.2 Å². The van der Waals surface area contributed by atoms with E-state index in [-0.39, 0.29) is 64.6 Å². The molecule has 214 valence electrons. The predicted molar refractivity (Wildman–Crippen MR) is 141 cm³/mol. The quantitative estimate of drug-likeness (QED) is 0.350. The number of ether oxygens (including phenoxy) is 2. The molecule has 41 heavy (non-hydrogen) atoms. The number of Topliss-reactive ketones (excluding diaryl/α,β-unsaturated/α-hetero) is 5. The van der Waals surface area contributed by atoms with Crippen LogP contribution in [0.2, 0.25) is 0 Å². The molecule has 0 radical (unpaired) electrons. The molecule has 12 heteroatoms. The van der Waals surface area contributed by atoms with Crippen LogP contribution in [0.25, 0.3) is 0 Å². The monoisotopic (exact) mass is 562 g/mol. The fraction of sp³-hybridized carbons (Fsp3) is 0.483. The number of hydrogen-bond acceptors (Lipinski definition) is 11. The molecule has 5 rings (SSSR count). The van der Waals surface area contributed by atoms with Gasteiger partial charge in [0.25, 0.3) is 5.91 Å². The van der Waals surface area contributed by atoms with Gasteiger partial charge >= 0.3 is 0 Å². The Morgan fingerprint density at radius 2 is 1.41 bits per heavy atom. The Kier molecular flexibility index (Phi) is 6.91. The first-order valence-electron chi connectivity index (χ1n) is 13.2. The first-order valence-corrected chi connectivity index (χ1v) is 13.2. The Balaban J connectivity index is 1.71. The number of hydrogen-bond donors (Lipinski definition) is 1. The van der Waals surface area contributed by atoms with Crippen LogP contribution in [0.3, 0.4) is 0 Å². The van der Waals surface area contributed by atoms with Gasteiger partial charge in [-0.3, -0.25) is 38.6 Å². The average molecular weight is 563 g/mol. The van der Waals surface area contributed by atoms with E-state index in [1.165, 1.54) is 28.1 Å². The second-order valence-electron chi connectivity index (χ2n) is 10.9. The summed E-state index contributed by atoms with van der Waals surface area (Å²) in [4.78, 5) is 82.3. The normalized spacial score (nSPS) is 30.1. The lowest BCUT2D eigenvalue weighted by molar-refractivity contribution is -0.137. The van der Waals surface area contributed by atoms with E-state index in [1.807, 2.05) is 4.90 Å². The number of fused-ring (bicyclic) bond motifs is 5. The molecule has 1 amide bonds. The Morgan fingerprint density at radius 3 is 1.93 bits per heavy atom. The molecular weight excluding hydrogens is 532 g/mol. The van der Waals surface area contributed by atoms with Crippen molar-refractivity contribution in [1.29, 1.82) is 5.26 Å². The second-order valence-corrected chi connectivity index (χ2v) is 10.9. The van der Waals surface area contributed by atoms with E-state index in [9.17, 15) is 34.0 Å². The molecular formula is C29H30N4O8. The van der Waals surface area contributed by atoms with Crippen molar-refractivity contribution in [2.24, 2.45) is 0 Å². The van der Waals surface area contributed by atoms with Crippen molar-refractivity contribution >= 4 is 34.8 Å². The number of nitrogens with one attached hydrogen (secondary N) is 1. The van der Waals surface area contributed by atoms with Crippen LogP contribution in [0.15, 0.2) is 45.0 Å². The van der Waals surface area contributed by atoms with Crippen LogP contribution in [0.5, 0.6) is 0 Å². The standard InChI is InChI=1S/C29H30N4O8/c1-11-23(35)14-8-17-22-21-15(24(36)12(2)28(41-6)26(21)38)7-16(32(22)4)18(9-30)33(17)19(10-31-29(39)13(3)34)20(14)25(37)27(11)40-5/h16-19,22H,7-8,10H2,1-6H3,(H,31,39)/t16-,17+,18+,19+,22-/m1/s1. The molecule has 0 aromatic heterocycles. The van der Waals surface area contributed by atoms with E-state index in [1.54, 1.807) is 11.9 Å². The number of carbonyl (C=O) groups excluding carboxylic acids is 6. The van der Waals surface area contributed by atoms with Crippen LogP contribution in [-0.2, 0) is 38.2 Å². The number of allylic oxidation sites excluding steroid dienone is 4. The summed E-state index contributed by atoms with van der Waals surface area (Å²) < 4.78 is 10.6. The first kappa shape index (κ1) is 28.3. The molecule has 3 heterocycles. The highest BCUT2D eigenvalue weighted by molar-refractivity contribution is 6.35. The summed E-state index contributed by atoms with van der Waals surface area (Å²) in [6, 6.07) is -1.52. The fourth-order valence-electron chi connectivity index (χ4n) is 7.13. The van der Waals surface area contributed by atoms with Gasteiger partial charge in [0.05, 0.1) is 32.4 Å². The topological polar surface area (TPSA) is 163 Å². The largest absolute Gasteiger partial charge is 0.492 e. The highest BCUT2D eigenvalue weighted by atomic mass is 16.5. The first-order chi connectivity index (χ1) is 19.4. The van der Waals surface area contributed by atoms with E-state index < -0.39 is 59.2 Å². The van der Waals surface area contributed by atoms with Crippen LogP contribution in [-0.4, -0.2) is 103 Å². The van der Waals surface area contributed by atoms with Crippen molar-refractivity contribution in [1.82, 2.24) is 15.1 Å². The summed E-state index contributed by atoms with van der Waals surface area (Å²) in [5.41, 5.74) is 1.19. The zero-order chi connectivity index (χ0) is 30.1. The molecule has 1 saturated heterocycles. The van der Waals surface area contributed by atoms with Gasteiger partial charge in [0.1, 0.15) is 6.04 Å². The maximum atomic E-state index is 13.8. The number of nitriles is 1. The van der Waals surface area contributed by atoms with Gasteiger partial charge in [-0.2, -0.15) is 5.26 Å². The Hall–Kier alpha value is -4.21. The number of ketones is 5. The van der Waals surface area contributed by atoms with Crippen molar-refractivity contribution in [3.05, 3.63) is 45.0 Å². The van der Waals surface area contributed by atoms with E-state index >= 15 is 0 Å². The highest BCUT2D eigenvalue weighted by Crippen LogP contribution is 2.48. The molecule has 2 bridgehead atoms. The lowest BCUT2D eigenvalue weighted by atomic mass is 9.67.